The van der Waals surface area contributed by atoms with E-state index in [1.807, 2.05) is 60.8 Å². The van der Waals surface area contributed by atoms with E-state index in [0.29, 0.717) is 36.6 Å². The third kappa shape index (κ3) is 3.33. The largest absolute Gasteiger partial charge is 0.494 e. The zero-order chi connectivity index (χ0) is 21.4. The zero-order valence-electron chi connectivity index (χ0n) is 17.0. The molecule has 0 aliphatic carbocycles. The second-order valence-electron chi connectivity index (χ2n) is 7.42. The van der Waals surface area contributed by atoms with Gasteiger partial charge >= 0.3 is 6.03 Å². The van der Waals surface area contributed by atoms with Gasteiger partial charge in [-0.2, -0.15) is 0 Å². The summed E-state index contributed by atoms with van der Waals surface area (Å²) in [5, 5.41) is 5.64. The number of urea groups is 1. The fourth-order valence-electron chi connectivity index (χ4n) is 4.05. The average Bonchev–Trinajstić information content (AvgIpc) is 3.34. The van der Waals surface area contributed by atoms with Gasteiger partial charge in [-0.25, -0.2) is 9.78 Å². The van der Waals surface area contributed by atoms with E-state index < -0.39 is 11.6 Å². The molecule has 3 aromatic rings. The van der Waals surface area contributed by atoms with Gasteiger partial charge in [0.2, 0.25) is 0 Å². The van der Waals surface area contributed by atoms with Crippen LogP contribution in [0.3, 0.4) is 0 Å². The summed E-state index contributed by atoms with van der Waals surface area (Å²) in [5.74, 6) is 1.18. The van der Waals surface area contributed by atoms with E-state index in [1.165, 1.54) is 16.2 Å². The molecule has 0 saturated carbocycles. The van der Waals surface area contributed by atoms with Crippen molar-refractivity contribution >= 4 is 23.3 Å². The lowest BCUT2D eigenvalue weighted by atomic mass is 9.84. The van der Waals surface area contributed by atoms with Gasteiger partial charge in [-0.05, 0) is 37.3 Å². The van der Waals surface area contributed by atoms with E-state index in [1.54, 1.807) is 0 Å². The molecule has 2 aliphatic heterocycles. The summed E-state index contributed by atoms with van der Waals surface area (Å²) < 4.78 is 11.2. The first-order valence-corrected chi connectivity index (χ1v) is 11.0. The molecule has 1 saturated heterocycles. The minimum absolute atomic E-state index is 0.128. The van der Waals surface area contributed by atoms with Crippen LogP contribution in [0.4, 0.5) is 4.79 Å². The van der Waals surface area contributed by atoms with E-state index in [2.05, 4.69) is 10.3 Å². The summed E-state index contributed by atoms with van der Waals surface area (Å²) >= 11 is 1.48. The number of ether oxygens (including phenoxy) is 2. The van der Waals surface area contributed by atoms with Crippen LogP contribution >= 0.6 is 11.3 Å². The fourth-order valence-corrected chi connectivity index (χ4v) is 4.87. The quantitative estimate of drug-likeness (QED) is 0.614. The molecule has 1 fully saturated rings. The van der Waals surface area contributed by atoms with Crippen LogP contribution in [0.25, 0.3) is 10.6 Å². The van der Waals surface area contributed by atoms with Crippen LogP contribution in [-0.2, 0) is 16.9 Å². The van der Waals surface area contributed by atoms with Crippen LogP contribution in [0.5, 0.6) is 11.5 Å². The SMILES string of the molecule is CCOc1ccc(-c2nc(CN3C(=O)N[C@@]4(CCOc5ccccc54)C3=O)cs2)cc1. The Morgan fingerprint density at radius 2 is 2.00 bits per heavy atom. The van der Waals surface area contributed by atoms with Gasteiger partial charge < -0.3 is 14.8 Å². The Hall–Kier alpha value is -3.39. The van der Waals surface area contributed by atoms with Gasteiger partial charge in [0, 0.05) is 22.9 Å². The van der Waals surface area contributed by atoms with Crippen LogP contribution < -0.4 is 14.8 Å². The normalized spacial score (nSPS) is 19.8. The Balaban J connectivity index is 1.37. The Bertz CT molecular complexity index is 1140. The number of carbonyl (C=O) groups is 2. The number of hydrogen-bond donors (Lipinski definition) is 1. The third-order valence-electron chi connectivity index (χ3n) is 5.54. The number of nitrogens with zero attached hydrogens (tertiary/aromatic N) is 2. The van der Waals surface area contributed by atoms with E-state index in [9.17, 15) is 9.59 Å². The highest BCUT2D eigenvalue weighted by atomic mass is 32.1. The molecule has 158 valence electrons. The zero-order valence-corrected chi connectivity index (χ0v) is 17.8. The van der Waals surface area contributed by atoms with Gasteiger partial charge in [-0.15, -0.1) is 11.3 Å². The molecular formula is C23H21N3O4S. The Morgan fingerprint density at radius 3 is 2.81 bits per heavy atom. The van der Waals surface area contributed by atoms with Crippen molar-refractivity contribution in [1.29, 1.82) is 0 Å². The van der Waals surface area contributed by atoms with Crippen LogP contribution in [-0.4, -0.2) is 35.0 Å². The number of imide groups is 1. The highest BCUT2D eigenvalue weighted by molar-refractivity contribution is 7.13. The van der Waals surface area contributed by atoms with Crippen LogP contribution in [0, 0.1) is 0 Å². The van der Waals surface area contributed by atoms with E-state index >= 15 is 0 Å². The van der Waals surface area contributed by atoms with Crippen molar-refractivity contribution in [3.05, 3.63) is 65.2 Å². The highest BCUT2D eigenvalue weighted by Gasteiger charge is 2.54. The molecule has 0 unspecified atom stereocenters. The summed E-state index contributed by atoms with van der Waals surface area (Å²) in [6, 6.07) is 14.7. The van der Waals surface area contributed by atoms with Crippen molar-refractivity contribution in [1.82, 2.24) is 15.2 Å². The Kier molecular flexibility index (Phi) is 4.86. The van der Waals surface area contributed by atoms with Gasteiger partial charge in [0.15, 0.2) is 5.54 Å². The predicted molar refractivity (Wildman–Crippen MR) is 116 cm³/mol. The van der Waals surface area contributed by atoms with Crippen LogP contribution in [0.1, 0.15) is 24.6 Å². The molecule has 8 heteroatoms. The smallest absolute Gasteiger partial charge is 0.325 e. The fraction of sp³-hybridized carbons (Fsp3) is 0.261. The van der Waals surface area contributed by atoms with E-state index in [-0.39, 0.29) is 12.5 Å². The molecule has 1 aromatic heterocycles. The van der Waals surface area contributed by atoms with Crippen LogP contribution in [0.15, 0.2) is 53.9 Å². The van der Waals surface area contributed by atoms with Crippen LogP contribution in [0.2, 0.25) is 0 Å². The molecule has 2 aliphatic rings. The second-order valence-corrected chi connectivity index (χ2v) is 8.28. The molecule has 0 radical (unpaired) electrons. The molecule has 3 heterocycles. The molecule has 3 amide bonds. The maximum absolute atomic E-state index is 13.4. The van der Waals surface area contributed by atoms with Crippen molar-refractivity contribution in [3.63, 3.8) is 0 Å². The molecule has 0 bridgehead atoms. The molecule has 31 heavy (non-hydrogen) atoms. The van der Waals surface area contributed by atoms with E-state index in [0.717, 1.165) is 16.3 Å². The Labute approximate surface area is 183 Å². The minimum atomic E-state index is -1.07. The number of para-hydroxylation sites is 1. The summed E-state index contributed by atoms with van der Waals surface area (Å²) in [7, 11) is 0. The number of hydrogen-bond acceptors (Lipinski definition) is 6. The predicted octanol–water partition coefficient (Wildman–Crippen LogP) is 3.94. The number of benzene rings is 2. The van der Waals surface area contributed by atoms with Gasteiger partial charge in [-0.3, -0.25) is 9.69 Å². The van der Waals surface area contributed by atoms with Crippen molar-refractivity contribution in [3.8, 4) is 22.1 Å². The number of fused-ring (bicyclic) bond motifs is 2. The lowest BCUT2D eigenvalue weighted by molar-refractivity contribution is -0.133. The van der Waals surface area contributed by atoms with Crippen molar-refractivity contribution in [2.45, 2.75) is 25.4 Å². The lowest BCUT2D eigenvalue weighted by Gasteiger charge is -2.33. The van der Waals surface area contributed by atoms with Crippen molar-refractivity contribution in [2.75, 3.05) is 13.2 Å². The standard InChI is InChI=1S/C23H21N3O4S/c1-2-29-17-9-7-15(8-10-17)20-24-16(14-31-20)13-26-21(27)23(25-22(26)28)11-12-30-19-6-4-3-5-18(19)23/h3-10,14H,2,11-13H2,1H3,(H,25,28)/t23-/m1/s1. The molecule has 1 spiro atoms. The maximum Gasteiger partial charge on any atom is 0.325 e. The first-order valence-electron chi connectivity index (χ1n) is 10.1. The highest BCUT2D eigenvalue weighted by Crippen LogP contribution is 2.41. The average molecular weight is 436 g/mol. The first-order chi connectivity index (χ1) is 15.1. The molecule has 7 nitrogen and oxygen atoms in total. The molecule has 1 atom stereocenters. The number of aromatic nitrogens is 1. The second kappa shape index (κ2) is 7.70. The number of amides is 3. The summed E-state index contributed by atoms with van der Waals surface area (Å²) in [5.41, 5.74) is 1.27. The number of nitrogens with one attached hydrogen (secondary N) is 1. The molecule has 5 rings (SSSR count). The monoisotopic (exact) mass is 435 g/mol. The third-order valence-corrected chi connectivity index (χ3v) is 6.48. The summed E-state index contributed by atoms with van der Waals surface area (Å²) in [6.45, 7) is 3.06. The minimum Gasteiger partial charge on any atom is -0.494 e. The van der Waals surface area contributed by atoms with Gasteiger partial charge in [0.05, 0.1) is 25.5 Å². The Morgan fingerprint density at radius 1 is 1.19 bits per heavy atom. The number of carbonyl (C=O) groups excluding carboxylic acids is 2. The number of rotatable bonds is 5. The molecular weight excluding hydrogens is 414 g/mol. The van der Waals surface area contributed by atoms with Gasteiger partial charge in [0.1, 0.15) is 16.5 Å². The summed E-state index contributed by atoms with van der Waals surface area (Å²) in [6.07, 6.45) is 0.402. The first kappa shape index (κ1) is 19.6. The topological polar surface area (TPSA) is 80.8 Å². The number of thiazole rings is 1. The maximum atomic E-state index is 13.4. The molecule has 2 aromatic carbocycles. The van der Waals surface area contributed by atoms with Gasteiger partial charge in [-0.1, -0.05) is 18.2 Å². The lowest BCUT2D eigenvalue weighted by Crippen LogP contribution is -2.47. The molecule has 1 N–H and O–H groups in total. The van der Waals surface area contributed by atoms with Gasteiger partial charge in [0.25, 0.3) is 5.91 Å². The summed E-state index contributed by atoms with van der Waals surface area (Å²) in [4.78, 5) is 32.0. The van der Waals surface area contributed by atoms with E-state index in [4.69, 9.17) is 9.47 Å². The van der Waals surface area contributed by atoms with Crippen molar-refractivity contribution in [2.24, 2.45) is 0 Å². The van der Waals surface area contributed by atoms with Crippen molar-refractivity contribution < 1.29 is 19.1 Å².